The largest absolute Gasteiger partial charge is 0.417 e. The van der Waals surface area contributed by atoms with Gasteiger partial charge >= 0.3 is 12.4 Å². The van der Waals surface area contributed by atoms with Crippen molar-refractivity contribution in [2.45, 2.75) is 12.4 Å². The minimum absolute atomic E-state index is 0.0329. The molecule has 0 saturated carbocycles. The van der Waals surface area contributed by atoms with Crippen molar-refractivity contribution in [3.8, 4) is 11.1 Å². The summed E-state index contributed by atoms with van der Waals surface area (Å²) in [6, 6.07) is 3.84. The van der Waals surface area contributed by atoms with Gasteiger partial charge in [-0.3, -0.25) is 0 Å². The molecule has 0 aliphatic heterocycles. The number of anilines is 1. The minimum atomic E-state index is -5.01. The van der Waals surface area contributed by atoms with Gasteiger partial charge in [0.15, 0.2) is 0 Å². The second-order valence-corrected chi connectivity index (χ2v) is 4.96. The SMILES string of the molecule is Nc1cc(-c2ccc(C(F)(F)F)cc2C(F)(F)F)c2nonc2c1. The quantitative estimate of drug-likeness (QED) is 0.520. The Balaban J connectivity index is 2.33. The van der Waals surface area contributed by atoms with E-state index in [0.29, 0.717) is 6.07 Å². The first-order chi connectivity index (χ1) is 11.1. The fourth-order valence-corrected chi connectivity index (χ4v) is 2.31. The highest BCUT2D eigenvalue weighted by Crippen LogP contribution is 2.42. The number of hydrogen-bond acceptors (Lipinski definition) is 4. The van der Waals surface area contributed by atoms with E-state index >= 15 is 0 Å². The van der Waals surface area contributed by atoms with Crippen LogP contribution in [-0.4, -0.2) is 10.3 Å². The van der Waals surface area contributed by atoms with Crippen LogP contribution in [0.4, 0.5) is 32.0 Å². The third-order valence-corrected chi connectivity index (χ3v) is 3.33. The monoisotopic (exact) mass is 347 g/mol. The van der Waals surface area contributed by atoms with Gasteiger partial charge in [-0.25, -0.2) is 4.63 Å². The first-order valence-electron chi connectivity index (χ1n) is 6.38. The normalized spacial score (nSPS) is 12.8. The zero-order chi connectivity index (χ0) is 17.7. The first-order valence-corrected chi connectivity index (χ1v) is 6.38. The molecule has 0 fully saturated rings. The fraction of sp³-hybridized carbons (Fsp3) is 0.143. The van der Waals surface area contributed by atoms with Gasteiger partial charge in [0, 0.05) is 11.3 Å². The third kappa shape index (κ3) is 2.74. The number of halogens is 6. The van der Waals surface area contributed by atoms with Gasteiger partial charge in [0.2, 0.25) is 0 Å². The molecule has 0 amide bonds. The zero-order valence-electron chi connectivity index (χ0n) is 11.5. The Morgan fingerprint density at radius 3 is 2.17 bits per heavy atom. The van der Waals surface area contributed by atoms with Crippen LogP contribution in [0.3, 0.4) is 0 Å². The molecule has 2 aromatic carbocycles. The van der Waals surface area contributed by atoms with Gasteiger partial charge in [-0.2, -0.15) is 26.3 Å². The standard InChI is InChI=1S/C14H7F6N3O/c15-13(16,17)6-1-2-8(10(3-6)14(18,19)20)9-4-7(21)5-11-12(9)23-24-22-11/h1-5H,21H2. The second-order valence-electron chi connectivity index (χ2n) is 4.96. The number of aromatic nitrogens is 2. The molecule has 10 heteroatoms. The Hall–Kier alpha value is -2.78. The molecule has 1 aromatic heterocycles. The molecular weight excluding hydrogens is 340 g/mol. The van der Waals surface area contributed by atoms with Crippen LogP contribution in [0.1, 0.15) is 11.1 Å². The van der Waals surface area contributed by atoms with Crippen molar-refractivity contribution in [2.75, 3.05) is 5.73 Å². The Kier molecular flexibility index (Phi) is 3.43. The average molecular weight is 347 g/mol. The van der Waals surface area contributed by atoms with Crippen LogP contribution in [0, 0.1) is 0 Å². The summed E-state index contributed by atoms with van der Waals surface area (Å²) in [6.07, 6.45) is -9.91. The van der Waals surface area contributed by atoms with E-state index in [1.807, 2.05) is 0 Å². The summed E-state index contributed by atoms with van der Waals surface area (Å²) in [6.45, 7) is 0. The van der Waals surface area contributed by atoms with E-state index in [2.05, 4.69) is 14.9 Å². The molecule has 4 nitrogen and oxygen atoms in total. The lowest BCUT2D eigenvalue weighted by atomic mass is 9.95. The van der Waals surface area contributed by atoms with E-state index in [9.17, 15) is 26.3 Å². The van der Waals surface area contributed by atoms with Gasteiger partial charge in [0.05, 0.1) is 11.1 Å². The summed E-state index contributed by atoms with van der Waals surface area (Å²) in [5.74, 6) is 0. The summed E-state index contributed by atoms with van der Waals surface area (Å²) in [5, 5.41) is 6.99. The van der Waals surface area contributed by atoms with E-state index in [-0.39, 0.29) is 28.4 Å². The van der Waals surface area contributed by atoms with Crippen molar-refractivity contribution in [3.05, 3.63) is 41.5 Å². The van der Waals surface area contributed by atoms with E-state index in [0.717, 1.165) is 6.07 Å². The second kappa shape index (κ2) is 5.11. The molecule has 0 saturated heterocycles. The molecule has 0 bridgehead atoms. The number of nitrogens with zero attached hydrogens (tertiary/aromatic N) is 2. The van der Waals surface area contributed by atoms with Crippen LogP contribution in [0.25, 0.3) is 22.2 Å². The Morgan fingerprint density at radius 1 is 0.833 bits per heavy atom. The lowest BCUT2D eigenvalue weighted by Crippen LogP contribution is -2.12. The van der Waals surface area contributed by atoms with Crippen molar-refractivity contribution in [1.82, 2.24) is 10.3 Å². The van der Waals surface area contributed by atoms with Crippen molar-refractivity contribution in [3.63, 3.8) is 0 Å². The molecule has 3 rings (SSSR count). The Bertz CT molecular complexity index is 913. The number of fused-ring (bicyclic) bond motifs is 1. The summed E-state index contributed by atoms with van der Waals surface area (Å²) >= 11 is 0. The van der Waals surface area contributed by atoms with Crippen LogP contribution < -0.4 is 5.73 Å². The van der Waals surface area contributed by atoms with Crippen LogP contribution in [0.15, 0.2) is 35.0 Å². The van der Waals surface area contributed by atoms with Crippen LogP contribution in [-0.2, 0) is 12.4 Å². The smallest absolute Gasteiger partial charge is 0.399 e. The van der Waals surface area contributed by atoms with Gasteiger partial charge in [-0.1, -0.05) is 6.07 Å². The van der Waals surface area contributed by atoms with Gasteiger partial charge in [-0.05, 0) is 40.1 Å². The highest BCUT2D eigenvalue weighted by atomic mass is 19.4. The molecule has 0 aliphatic rings. The topological polar surface area (TPSA) is 64.9 Å². The van der Waals surface area contributed by atoms with Gasteiger partial charge in [-0.15, -0.1) is 0 Å². The van der Waals surface area contributed by atoms with Crippen molar-refractivity contribution in [1.29, 1.82) is 0 Å². The molecule has 0 aliphatic carbocycles. The first kappa shape index (κ1) is 16.1. The molecule has 0 spiro atoms. The van der Waals surface area contributed by atoms with E-state index < -0.39 is 29.0 Å². The van der Waals surface area contributed by atoms with Crippen molar-refractivity contribution >= 4 is 16.7 Å². The number of alkyl halides is 6. The lowest BCUT2D eigenvalue weighted by molar-refractivity contribution is -0.142. The zero-order valence-corrected chi connectivity index (χ0v) is 11.5. The van der Waals surface area contributed by atoms with Gasteiger partial charge in [0.1, 0.15) is 11.0 Å². The molecule has 0 atom stereocenters. The third-order valence-electron chi connectivity index (χ3n) is 3.33. The maximum absolute atomic E-state index is 13.3. The van der Waals surface area contributed by atoms with E-state index in [1.165, 1.54) is 12.1 Å². The predicted octanol–water partition coefficient (Wildman–Crippen LogP) is 4.51. The summed E-state index contributed by atoms with van der Waals surface area (Å²) < 4.78 is 82.5. The average Bonchev–Trinajstić information content (AvgIpc) is 2.92. The minimum Gasteiger partial charge on any atom is -0.399 e. The highest BCUT2D eigenvalue weighted by molar-refractivity contribution is 5.94. The number of rotatable bonds is 1. The summed E-state index contributed by atoms with van der Waals surface area (Å²) in [5.41, 5.74) is 2.27. The number of benzene rings is 2. The highest BCUT2D eigenvalue weighted by Gasteiger charge is 2.38. The number of hydrogen-bond donors (Lipinski definition) is 1. The molecule has 0 unspecified atom stereocenters. The fourth-order valence-electron chi connectivity index (χ4n) is 2.31. The Labute approximate surface area is 129 Å². The number of nitrogen functional groups attached to an aromatic ring is 1. The van der Waals surface area contributed by atoms with Crippen LogP contribution in [0.2, 0.25) is 0 Å². The van der Waals surface area contributed by atoms with E-state index in [1.54, 1.807) is 0 Å². The number of nitrogens with two attached hydrogens (primary N) is 1. The van der Waals surface area contributed by atoms with Crippen molar-refractivity contribution in [2.24, 2.45) is 0 Å². The van der Waals surface area contributed by atoms with Crippen LogP contribution >= 0.6 is 0 Å². The van der Waals surface area contributed by atoms with Crippen LogP contribution in [0.5, 0.6) is 0 Å². The maximum atomic E-state index is 13.3. The predicted molar refractivity (Wildman–Crippen MR) is 71.7 cm³/mol. The lowest BCUT2D eigenvalue weighted by Gasteiger charge is -2.16. The maximum Gasteiger partial charge on any atom is 0.417 e. The Morgan fingerprint density at radius 2 is 1.54 bits per heavy atom. The molecule has 24 heavy (non-hydrogen) atoms. The molecule has 1 heterocycles. The molecule has 0 radical (unpaired) electrons. The summed E-state index contributed by atoms with van der Waals surface area (Å²) in [7, 11) is 0. The molecule has 2 N–H and O–H groups in total. The van der Waals surface area contributed by atoms with Gasteiger partial charge < -0.3 is 5.73 Å². The van der Waals surface area contributed by atoms with Gasteiger partial charge in [0.25, 0.3) is 0 Å². The van der Waals surface area contributed by atoms with E-state index in [4.69, 9.17) is 5.73 Å². The molecular formula is C14H7F6N3O. The summed E-state index contributed by atoms with van der Waals surface area (Å²) in [4.78, 5) is 0. The van der Waals surface area contributed by atoms with Crippen molar-refractivity contribution < 1.29 is 31.0 Å². The molecule has 3 aromatic rings. The molecule has 126 valence electrons.